The Hall–Kier alpha value is -2.18. The van der Waals surface area contributed by atoms with Gasteiger partial charge in [-0.1, -0.05) is 18.2 Å². The molecule has 1 aromatic heterocycles. The predicted octanol–water partition coefficient (Wildman–Crippen LogP) is 3.26. The van der Waals surface area contributed by atoms with E-state index >= 15 is 0 Å². The zero-order valence-electron chi connectivity index (χ0n) is 14.3. The highest BCUT2D eigenvalue weighted by Gasteiger charge is 2.26. The Bertz CT molecular complexity index is 756. The van der Waals surface area contributed by atoms with Gasteiger partial charge in [-0.3, -0.25) is 9.59 Å². The Morgan fingerprint density at radius 1 is 1.12 bits per heavy atom. The molecule has 1 heterocycles. The minimum atomic E-state index is -0.190. The van der Waals surface area contributed by atoms with Gasteiger partial charge in [-0.25, -0.2) is 0 Å². The summed E-state index contributed by atoms with van der Waals surface area (Å²) in [4.78, 5) is 26.4. The highest BCUT2D eigenvalue weighted by Crippen LogP contribution is 2.38. The Morgan fingerprint density at radius 2 is 1.88 bits per heavy atom. The molecule has 0 bridgehead atoms. The highest BCUT2D eigenvalue weighted by atomic mass is 32.1. The smallest absolute Gasteiger partial charge is 0.256 e. The molecule has 1 aromatic carbocycles. The maximum atomic E-state index is 12.7. The van der Waals surface area contributed by atoms with Crippen LogP contribution in [-0.2, 0) is 17.6 Å². The summed E-state index contributed by atoms with van der Waals surface area (Å²) in [5.74, 6) is -0.329. The van der Waals surface area contributed by atoms with Gasteiger partial charge in [0.05, 0.1) is 12.2 Å². The van der Waals surface area contributed by atoms with Gasteiger partial charge in [0.15, 0.2) is 0 Å². The molecule has 0 spiro atoms. The van der Waals surface area contributed by atoms with E-state index in [1.54, 1.807) is 19.2 Å². The van der Waals surface area contributed by atoms with Crippen LogP contribution in [-0.4, -0.2) is 32.1 Å². The van der Waals surface area contributed by atoms with E-state index < -0.39 is 0 Å². The van der Waals surface area contributed by atoms with Gasteiger partial charge < -0.3 is 15.4 Å². The summed E-state index contributed by atoms with van der Waals surface area (Å²) < 4.78 is 4.99. The van der Waals surface area contributed by atoms with E-state index in [4.69, 9.17) is 4.74 Å². The number of hydrogen-bond acceptors (Lipinski definition) is 4. The molecule has 2 aromatic rings. The van der Waals surface area contributed by atoms with Crippen molar-refractivity contribution < 1.29 is 14.3 Å². The highest BCUT2D eigenvalue weighted by molar-refractivity contribution is 7.17. The van der Waals surface area contributed by atoms with Crippen molar-refractivity contribution in [3.8, 4) is 0 Å². The maximum Gasteiger partial charge on any atom is 0.256 e. The normalized spacial score (nSPS) is 13.2. The van der Waals surface area contributed by atoms with Crippen LogP contribution in [0.1, 0.15) is 44.0 Å². The van der Waals surface area contributed by atoms with Crippen molar-refractivity contribution in [3.63, 3.8) is 0 Å². The van der Waals surface area contributed by atoms with Crippen LogP contribution in [0.25, 0.3) is 0 Å². The molecule has 1 aliphatic rings. The number of ether oxygens (including phenoxy) is 1. The first kappa shape index (κ1) is 17.6. The molecule has 0 aliphatic heterocycles. The molecular weight excluding hydrogens is 336 g/mol. The number of rotatable bonds is 6. The third kappa shape index (κ3) is 4.08. The summed E-state index contributed by atoms with van der Waals surface area (Å²) in [6, 6.07) is 9.05. The van der Waals surface area contributed by atoms with Gasteiger partial charge in [0.1, 0.15) is 5.00 Å². The zero-order chi connectivity index (χ0) is 17.6. The monoisotopic (exact) mass is 358 g/mol. The molecule has 6 heteroatoms. The Labute approximate surface area is 151 Å². The zero-order valence-corrected chi connectivity index (χ0v) is 15.1. The first-order chi connectivity index (χ1) is 12.2. The third-order valence-electron chi connectivity index (χ3n) is 4.25. The predicted molar refractivity (Wildman–Crippen MR) is 99.6 cm³/mol. The fourth-order valence-corrected chi connectivity index (χ4v) is 4.30. The van der Waals surface area contributed by atoms with Crippen molar-refractivity contribution in [2.24, 2.45) is 0 Å². The summed E-state index contributed by atoms with van der Waals surface area (Å²) in [5, 5.41) is 6.47. The maximum absolute atomic E-state index is 12.7. The van der Waals surface area contributed by atoms with Crippen molar-refractivity contribution in [1.82, 2.24) is 5.32 Å². The average Bonchev–Trinajstić information content (AvgIpc) is 3.00. The van der Waals surface area contributed by atoms with Crippen LogP contribution in [0.3, 0.4) is 0 Å². The van der Waals surface area contributed by atoms with E-state index in [-0.39, 0.29) is 11.8 Å². The van der Waals surface area contributed by atoms with Crippen molar-refractivity contribution in [1.29, 1.82) is 0 Å². The lowest BCUT2D eigenvalue weighted by Crippen LogP contribution is -2.28. The van der Waals surface area contributed by atoms with Crippen LogP contribution < -0.4 is 10.6 Å². The second-order valence-corrected chi connectivity index (χ2v) is 7.09. The van der Waals surface area contributed by atoms with Crippen molar-refractivity contribution in [2.75, 3.05) is 25.6 Å². The van der Waals surface area contributed by atoms with Gasteiger partial charge in [0, 0.05) is 24.1 Å². The van der Waals surface area contributed by atoms with E-state index in [0.29, 0.717) is 29.3 Å². The third-order valence-corrected chi connectivity index (χ3v) is 5.46. The molecule has 0 saturated carbocycles. The standard InChI is InChI=1S/C19H22N2O3S/c1-24-12-11-20-18(23)16-14-9-5-6-10-15(14)25-19(16)21-17(22)13-7-3-2-4-8-13/h2-4,7-8H,5-6,9-12H2,1H3,(H,20,23)(H,21,22). The van der Waals surface area contributed by atoms with E-state index in [1.165, 1.54) is 16.2 Å². The Balaban J connectivity index is 1.86. The van der Waals surface area contributed by atoms with Gasteiger partial charge in [-0.2, -0.15) is 0 Å². The largest absolute Gasteiger partial charge is 0.383 e. The van der Waals surface area contributed by atoms with Crippen LogP contribution in [0.4, 0.5) is 5.00 Å². The van der Waals surface area contributed by atoms with Crippen molar-refractivity contribution in [2.45, 2.75) is 25.7 Å². The SMILES string of the molecule is COCCNC(=O)c1c(NC(=O)c2ccccc2)sc2c1CCCC2. The number of benzene rings is 1. The average molecular weight is 358 g/mol. The lowest BCUT2D eigenvalue weighted by atomic mass is 9.95. The molecule has 2 N–H and O–H groups in total. The lowest BCUT2D eigenvalue weighted by Gasteiger charge is -2.13. The van der Waals surface area contributed by atoms with E-state index in [1.807, 2.05) is 18.2 Å². The van der Waals surface area contributed by atoms with Gasteiger partial charge in [0.25, 0.3) is 11.8 Å². The second kappa shape index (κ2) is 8.27. The number of amides is 2. The Kier molecular flexibility index (Phi) is 5.83. The number of thiophene rings is 1. The number of fused-ring (bicyclic) bond motifs is 1. The molecule has 0 atom stereocenters. The number of methoxy groups -OCH3 is 1. The summed E-state index contributed by atoms with van der Waals surface area (Å²) in [6.07, 6.45) is 4.07. The summed E-state index contributed by atoms with van der Waals surface area (Å²) >= 11 is 1.53. The summed E-state index contributed by atoms with van der Waals surface area (Å²) in [7, 11) is 1.60. The van der Waals surface area contributed by atoms with Gasteiger partial charge in [0.2, 0.25) is 0 Å². The molecule has 0 radical (unpaired) electrons. The number of carbonyl (C=O) groups excluding carboxylic acids is 2. The molecule has 3 rings (SSSR count). The van der Waals surface area contributed by atoms with Crippen LogP contribution in [0.15, 0.2) is 30.3 Å². The number of aryl methyl sites for hydroxylation is 1. The number of hydrogen-bond donors (Lipinski definition) is 2. The lowest BCUT2D eigenvalue weighted by molar-refractivity contribution is 0.0937. The fraction of sp³-hybridized carbons (Fsp3) is 0.368. The molecule has 0 fully saturated rings. The van der Waals surface area contributed by atoms with Gasteiger partial charge in [-0.15, -0.1) is 11.3 Å². The quantitative estimate of drug-likeness (QED) is 0.779. The van der Waals surface area contributed by atoms with Crippen molar-refractivity contribution >= 4 is 28.2 Å². The van der Waals surface area contributed by atoms with Gasteiger partial charge >= 0.3 is 0 Å². The molecule has 5 nitrogen and oxygen atoms in total. The number of anilines is 1. The fourth-order valence-electron chi connectivity index (χ4n) is 3.01. The van der Waals surface area contributed by atoms with Crippen LogP contribution >= 0.6 is 11.3 Å². The molecule has 0 unspecified atom stereocenters. The first-order valence-corrected chi connectivity index (χ1v) is 9.30. The minimum Gasteiger partial charge on any atom is -0.383 e. The molecule has 25 heavy (non-hydrogen) atoms. The van der Waals surface area contributed by atoms with E-state index in [9.17, 15) is 9.59 Å². The molecular formula is C19H22N2O3S. The minimum absolute atomic E-state index is 0.139. The number of nitrogens with one attached hydrogen (secondary N) is 2. The second-order valence-electron chi connectivity index (χ2n) is 5.98. The summed E-state index contributed by atoms with van der Waals surface area (Å²) in [5.41, 5.74) is 2.30. The van der Waals surface area contributed by atoms with Crippen LogP contribution in [0.5, 0.6) is 0 Å². The number of carbonyl (C=O) groups is 2. The summed E-state index contributed by atoms with van der Waals surface area (Å²) in [6.45, 7) is 0.913. The molecule has 2 amide bonds. The molecule has 132 valence electrons. The van der Waals surface area contributed by atoms with E-state index in [2.05, 4.69) is 10.6 Å². The van der Waals surface area contributed by atoms with Gasteiger partial charge in [-0.05, 0) is 43.4 Å². The molecule has 0 saturated heterocycles. The van der Waals surface area contributed by atoms with Crippen molar-refractivity contribution in [3.05, 3.63) is 51.9 Å². The Morgan fingerprint density at radius 3 is 2.64 bits per heavy atom. The first-order valence-electron chi connectivity index (χ1n) is 8.48. The van der Waals surface area contributed by atoms with E-state index in [0.717, 1.165) is 31.2 Å². The van der Waals surface area contributed by atoms with Crippen LogP contribution in [0.2, 0.25) is 0 Å². The topological polar surface area (TPSA) is 67.4 Å². The molecule has 1 aliphatic carbocycles. The van der Waals surface area contributed by atoms with Crippen LogP contribution in [0, 0.1) is 0 Å².